The summed E-state index contributed by atoms with van der Waals surface area (Å²) in [6, 6.07) is 30.6. The van der Waals surface area contributed by atoms with Crippen LogP contribution in [0.5, 0.6) is 0 Å². The Morgan fingerprint density at radius 2 is 1.55 bits per heavy atom. The molecule has 2 heterocycles. The standard InChI is InChI=1S/C27H20N2/c1-2-8-21(9-3-1)29-26-12-5-4-10-23(26)24-16-13-19-18-20(14-15-22(19)27(24)29)25-11-6-7-17-28-25/h1-16,18,28H,17H2. The molecule has 0 saturated heterocycles. The first-order chi connectivity index (χ1) is 14.4. The van der Waals surface area contributed by atoms with Gasteiger partial charge in [-0.2, -0.15) is 0 Å². The molecule has 1 aliphatic rings. The lowest BCUT2D eigenvalue weighted by molar-refractivity contribution is 0.996. The van der Waals surface area contributed by atoms with Crippen LogP contribution < -0.4 is 5.32 Å². The Morgan fingerprint density at radius 1 is 0.724 bits per heavy atom. The van der Waals surface area contributed by atoms with Gasteiger partial charge in [-0.3, -0.25) is 0 Å². The summed E-state index contributed by atoms with van der Waals surface area (Å²) in [7, 11) is 0. The number of dihydropyridines is 1. The zero-order valence-electron chi connectivity index (χ0n) is 16.0. The fourth-order valence-corrected chi connectivity index (χ4v) is 4.46. The first-order valence-electron chi connectivity index (χ1n) is 10.0. The van der Waals surface area contributed by atoms with Crippen LogP contribution in [0.15, 0.2) is 103 Å². The number of benzene rings is 4. The molecule has 6 rings (SSSR count). The summed E-state index contributed by atoms with van der Waals surface area (Å²) >= 11 is 0. The molecule has 1 N–H and O–H groups in total. The number of hydrogen-bond acceptors (Lipinski definition) is 1. The summed E-state index contributed by atoms with van der Waals surface area (Å²) in [5, 5.41) is 8.58. The van der Waals surface area contributed by atoms with E-state index in [0.29, 0.717) is 0 Å². The van der Waals surface area contributed by atoms with E-state index < -0.39 is 0 Å². The van der Waals surface area contributed by atoms with Gasteiger partial charge in [-0.1, -0.05) is 72.8 Å². The average Bonchev–Trinajstić information content (AvgIpc) is 3.15. The third-order valence-corrected chi connectivity index (χ3v) is 5.78. The molecule has 1 aliphatic heterocycles. The monoisotopic (exact) mass is 372 g/mol. The van der Waals surface area contributed by atoms with Crippen LogP contribution in [0.3, 0.4) is 0 Å². The number of aromatic nitrogens is 1. The van der Waals surface area contributed by atoms with Crippen LogP contribution in [0.2, 0.25) is 0 Å². The molecule has 1 aromatic heterocycles. The minimum atomic E-state index is 0.880. The van der Waals surface area contributed by atoms with Crippen LogP contribution in [-0.2, 0) is 0 Å². The van der Waals surface area contributed by atoms with E-state index in [1.165, 1.54) is 49.5 Å². The molecule has 0 unspecified atom stereocenters. The molecule has 29 heavy (non-hydrogen) atoms. The van der Waals surface area contributed by atoms with E-state index in [1.54, 1.807) is 0 Å². The molecule has 138 valence electrons. The first kappa shape index (κ1) is 16.2. The fraction of sp³-hybridized carbons (Fsp3) is 0.0370. The summed E-state index contributed by atoms with van der Waals surface area (Å²) in [6.07, 6.45) is 6.39. The second-order valence-electron chi connectivity index (χ2n) is 7.48. The number of hydrogen-bond donors (Lipinski definition) is 1. The van der Waals surface area contributed by atoms with Crippen LogP contribution in [0.4, 0.5) is 0 Å². The van der Waals surface area contributed by atoms with Crippen molar-refractivity contribution in [1.29, 1.82) is 0 Å². The van der Waals surface area contributed by atoms with Crippen molar-refractivity contribution in [1.82, 2.24) is 9.88 Å². The van der Waals surface area contributed by atoms with Gasteiger partial charge in [-0.25, -0.2) is 0 Å². The van der Waals surface area contributed by atoms with E-state index in [-0.39, 0.29) is 0 Å². The lowest BCUT2D eigenvalue weighted by Crippen LogP contribution is -2.14. The van der Waals surface area contributed by atoms with Gasteiger partial charge in [0.1, 0.15) is 0 Å². The second kappa shape index (κ2) is 6.39. The summed E-state index contributed by atoms with van der Waals surface area (Å²) < 4.78 is 2.40. The molecule has 0 amide bonds. The van der Waals surface area contributed by atoms with Crippen molar-refractivity contribution in [2.24, 2.45) is 0 Å². The van der Waals surface area contributed by atoms with E-state index in [2.05, 4.69) is 113 Å². The van der Waals surface area contributed by atoms with Gasteiger partial charge in [-0.05, 0) is 41.3 Å². The largest absolute Gasteiger partial charge is 0.381 e. The Kier molecular flexibility index (Phi) is 3.57. The molecule has 2 nitrogen and oxygen atoms in total. The van der Waals surface area contributed by atoms with Gasteiger partial charge in [0.05, 0.1) is 11.0 Å². The highest BCUT2D eigenvalue weighted by molar-refractivity contribution is 6.18. The van der Waals surface area contributed by atoms with E-state index >= 15 is 0 Å². The predicted molar refractivity (Wildman–Crippen MR) is 123 cm³/mol. The van der Waals surface area contributed by atoms with Gasteiger partial charge in [-0.15, -0.1) is 0 Å². The van der Waals surface area contributed by atoms with Gasteiger partial charge in [0.15, 0.2) is 0 Å². The molecule has 0 fully saturated rings. The highest BCUT2D eigenvalue weighted by Gasteiger charge is 2.15. The van der Waals surface area contributed by atoms with Crippen molar-refractivity contribution in [3.05, 3.63) is 109 Å². The SMILES string of the molecule is C1=CCNC(c2ccc3c(ccc4c5ccccc5n(-c5ccccc5)c34)c2)=C1. The Hall–Kier alpha value is -3.78. The second-order valence-corrected chi connectivity index (χ2v) is 7.48. The number of allylic oxidation sites excluding steroid dienone is 2. The molecular weight excluding hydrogens is 352 g/mol. The van der Waals surface area contributed by atoms with Gasteiger partial charge in [0.2, 0.25) is 0 Å². The smallest absolute Gasteiger partial charge is 0.0619 e. The Balaban J connectivity index is 1.71. The number of nitrogens with zero attached hydrogens (tertiary/aromatic N) is 1. The number of rotatable bonds is 2. The lowest BCUT2D eigenvalue weighted by Gasteiger charge is -2.14. The number of fused-ring (bicyclic) bond motifs is 5. The van der Waals surface area contributed by atoms with E-state index in [1.807, 2.05) is 0 Å². The fourth-order valence-electron chi connectivity index (χ4n) is 4.46. The van der Waals surface area contributed by atoms with Crippen molar-refractivity contribution in [3.8, 4) is 5.69 Å². The van der Waals surface area contributed by atoms with Crippen molar-refractivity contribution in [3.63, 3.8) is 0 Å². The quantitative estimate of drug-likeness (QED) is 0.377. The van der Waals surface area contributed by atoms with E-state index in [0.717, 1.165) is 6.54 Å². The van der Waals surface area contributed by atoms with Crippen LogP contribution in [0, 0.1) is 0 Å². The van der Waals surface area contributed by atoms with Crippen LogP contribution in [0.25, 0.3) is 44.0 Å². The van der Waals surface area contributed by atoms with Gasteiger partial charge >= 0.3 is 0 Å². The van der Waals surface area contributed by atoms with Crippen molar-refractivity contribution < 1.29 is 0 Å². The Labute approximate surface area is 169 Å². The van der Waals surface area contributed by atoms with E-state index in [9.17, 15) is 0 Å². The van der Waals surface area contributed by atoms with Crippen LogP contribution >= 0.6 is 0 Å². The van der Waals surface area contributed by atoms with Crippen LogP contribution in [-0.4, -0.2) is 11.1 Å². The van der Waals surface area contributed by atoms with Crippen molar-refractivity contribution in [2.45, 2.75) is 0 Å². The Morgan fingerprint density at radius 3 is 2.41 bits per heavy atom. The molecule has 0 aliphatic carbocycles. The third-order valence-electron chi connectivity index (χ3n) is 5.78. The summed E-state index contributed by atoms with van der Waals surface area (Å²) in [6.45, 7) is 0.880. The molecule has 2 heteroatoms. The normalized spacial score (nSPS) is 13.7. The number of nitrogens with one attached hydrogen (secondary N) is 1. The molecule has 0 saturated carbocycles. The summed E-state index contributed by atoms with van der Waals surface area (Å²) in [4.78, 5) is 0. The maximum absolute atomic E-state index is 3.47. The highest BCUT2D eigenvalue weighted by atomic mass is 15.0. The predicted octanol–water partition coefficient (Wildman–Crippen LogP) is 6.44. The minimum Gasteiger partial charge on any atom is -0.381 e. The zero-order chi connectivity index (χ0) is 19.2. The summed E-state index contributed by atoms with van der Waals surface area (Å²) in [5.41, 5.74) is 6.11. The van der Waals surface area contributed by atoms with Gasteiger partial charge in [0.25, 0.3) is 0 Å². The van der Waals surface area contributed by atoms with Gasteiger partial charge in [0, 0.05) is 34.1 Å². The van der Waals surface area contributed by atoms with E-state index in [4.69, 9.17) is 0 Å². The topological polar surface area (TPSA) is 17.0 Å². The van der Waals surface area contributed by atoms with Gasteiger partial charge < -0.3 is 9.88 Å². The highest BCUT2D eigenvalue weighted by Crippen LogP contribution is 2.37. The third kappa shape index (κ3) is 2.50. The van der Waals surface area contributed by atoms with Crippen molar-refractivity contribution in [2.75, 3.05) is 6.54 Å². The number of para-hydroxylation sites is 2. The zero-order valence-corrected chi connectivity index (χ0v) is 16.0. The molecule has 0 spiro atoms. The minimum absolute atomic E-state index is 0.880. The lowest BCUT2D eigenvalue weighted by atomic mass is 10.0. The van der Waals surface area contributed by atoms with Crippen LogP contribution in [0.1, 0.15) is 5.56 Å². The molecule has 5 aromatic rings. The molecule has 0 radical (unpaired) electrons. The van der Waals surface area contributed by atoms with Crippen molar-refractivity contribution >= 4 is 38.3 Å². The Bertz CT molecular complexity index is 1440. The maximum atomic E-state index is 3.47. The molecule has 4 aromatic carbocycles. The molecular formula is C27H20N2. The molecule has 0 bridgehead atoms. The maximum Gasteiger partial charge on any atom is 0.0619 e. The first-order valence-corrected chi connectivity index (χ1v) is 10.0. The molecule has 0 atom stereocenters. The summed E-state index contributed by atoms with van der Waals surface area (Å²) in [5.74, 6) is 0. The average molecular weight is 372 g/mol.